The molecule has 0 saturated heterocycles. The topological polar surface area (TPSA) is 71.4 Å². The molecule has 0 heterocycles. The maximum atomic E-state index is 8.89. The Kier molecular flexibility index (Phi) is 5.16. The molecule has 0 aliphatic carbocycles. The highest BCUT2D eigenvalue weighted by atomic mass is 31.2. The first kappa shape index (κ1) is 13.2. The van der Waals surface area contributed by atoms with Crippen LogP contribution in [0.5, 0.6) is 0 Å². The molecule has 84 valence electrons. The van der Waals surface area contributed by atoms with Gasteiger partial charge in [-0.1, -0.05) is 30.3 Å². The normalized spacial score (nSPS) is 9.94. The van der Waals surface area contributed by atoms with E-state index in [0.717, 1.165) is 5.56 Å². The molecule has 0 N–H and O–H groups in total. The highest BCUT2D eigenvalue weighted by Crippen LogP contribution is 2.60. The van der Waals surface area contributed by atoms with Gasteiger partial charge in [-0.3, -0.25) is 0 Å². The van der Waals surface area contributed by atoms with Crippen LogP contribution in [0.4, 0.5) is 0 Å². The van der Waals surface area contributed by atoms with E-state index >= 15 is 0 Å². The van der Waals surface area contributed by atoms with Crippen molar-refractivity contribution >= 4 is 7.26 Å². The quantitative estimate of drug-likeness (QED) is 0.745. The molecule has 0 saturated carbocycles. The van der Waals surface area contributed by atoms with E-state index in [1.807, 2.05) is 30.3 Å². The molecule has 1 aromatic rings. The van der Waals surface area contributed by atoms with E-state index in [4.69, 9.17) is 15.8 Å². The average Bonchev–Trinajstić information content (AvgIpc) is 2.31. The van der Waals surface area contributed by atoms with Crippen LogP contribution in [0.15, 0.2) is 30.3 Å². The zero-order chi connectivity index (χ0) is 12.6. The van der Waals surface area contributed by atoms with Gasteiger partial charge in [0.1, 0.15) is 36.7 Å². The number of nitriles is 3. The molecule has 0 aromatic heterocycles. The van der Waals surface area contributed by atoms with Crippen molar-refractivity contribution in [2.45, 2.75) is 6.16 Å². The predicted molar refractivity (Wildman–Crippen MR) is 68.5 cm³/mol. The van der Waals surface area contributed by atoms with Gasteiger partial charge in [0.2, 0.25) is 0 Å². The molecule has 0 aliphatic rings. The lowest BCUT2D eigenvalue weighted by atomic mass is 10.2. The summed E-state index contributed by atoms with van der Waals surface area (Å²) >= 11 is 0. The standard InChI is InChI=1S/C13H13N3P/c14-6-9-17(10-7-15,11-8-16)12-13-4-2-1-3-5-13/h1-5H,9-12H2/q+1. The minimum Gasteiger partial charge on any atom is -0.194 e. The van der Waals surface area contributed by atoms with E-state index in [0.29, 0.717) is 24.6 Å². The molecule has 0 spiro atoms. The van der Waals surface area contributed by atoms with Gasteiger partial charge in [0.05, 0.1) is 13.4 Å². The van der Waals surface area contributed by atoms with Gasteiger partial charge in [-0.2, -0.15) is 15.8 Å². The van der Waals surface area contributed by atoms with Gasteiger partial charge in [-0.15, -0.1) is 0 Å². The van der Waals surface area contributed by atoms with Crippen LogP contribution in [0.25, 0.3) is 0 Å². The molecule has 3 nitrogen and oxygen atoms in total. The van der Waals surface area contributed by atoms with Crippen molar-refractivity contribution in [3.8, 4) is 18.2 Å². The average molecular weight is 242 g/mol. The largest absolute Gasteiger partial charge is 0.194 e. The second-order valence-electron chi connectivity index (χ2n) is 3.93. The van der Waals surface area contributed by atoms with Gasteiger partial charge in [0.25, 0.3) is 0 Å². The molecule has 4 heteroatoms. The van der Waals surface area contributed by atoms with Crippen molar-refractivity contribution in [3.63, 3.8) is 0 Å². The van der Waals surface area contributed by atoms with Crippen molar-refractivity contribution in [1.29, 1.82) is 15.8 Å². The first-order chi connectivity index (χ1) is 8.26. The first-order valence-corrected chi connectivity index (χ1v) is 7.79. The smallest absolute Gasteiger partial charge is 0.147 e. The van der Waals surface area contributed by atoms with Crippen molar-refractivity contribution in [2.75, 3.05) is 18.5 Å². The number of hydrogen-bond acceptors (Lipinski definition) is 3. The number of rotatable bonds is 5. The molecule has 0 fully saturated rings. The summed E-state index contributed by atoms with van der Waals surface area (Å²) in [7, 11) is -1.80. The van der Waals surface area contributed by atoms with Crippen LogP contribution < -0.4 is 0 Å². The molecule has 17 heavy (non-hydrogen) atoms. The summed E-state index contributed by atoms with van der Waals surface area (Å²) in [5.74, 6) is 0. The third-order valence-corrected chi connectivity index (χ3v) is 6.05. The van der Waals surface area contributed by atoms with Crippen molar-refractivity contribution in [1.82, 2.24) is 0 Å². The van der Waals surface area contributed by atoms with E-state index in [9.17, 15) is 0 Å². The SMILES string of the molecule is N#CC[P+](CC#N)(CC#N)Cc1ccccc1. The highest BCUT2D eigenvalue weighted by molar-refractivity contribution is 7.75. The summed E-state index contributed by atoms with van der Waals surface area (Å²) in [6.45, 7) is 0. The summed E-state index contributed by atoms with van der Waals surface area (Å²) in [5.41, 5.74) is 1.11. The molecule has 0 bridgehead atoms. The van der Waals surface area contributed by atoms with Gasteiger partial charge in [0.15, 0.2) is 0 Å². The van der Waals surface area contributed by atoms with Crippen LogP contribution in [-0.2, 0) is 6.16 Å². The third kappa shape index (κ3) is 3.88. The molecule has 0 radical (unpaired) electrons. The predicted octanol–water partition coefficient (Wildman–Crippen LogP) is 2.77. The van der Waals surface area contributed by atoms with Gasteiger partial charge in [0, 0.05) is 0 Å². The molecule has 1 rings (SSSR count). The van der Waals surface area contributed by atoms with Crippen LogP contribution in [0.2, 0.25) is 0 Å². The van der Waals surface area contributed by atoms with Crippen LogP contribution in [0, 0.1) is 34.0 Å². The van der Waals surface area contributed by atoms with E-state index < -0.39 is 7.26 Å². The molecule has 0 atom stereocenters. The fourth-order valence-electron chi connectivity index (χ4n) is 1.76. The molecule has 0 aliphatic heterocycles. The van der Waals surface area contributed by atoms with Gasteiger partial charge < -0.3 is 0 Å². The Morgan fingerprint density at radius 1 is 0.824 bits per heavy atom. The number of hydrogen-bond donors (Lipinski definition) is 0. The van der Waals surface area contributed by atoms with Crippen molar-refractivity contribution in [3.05, 3.63) is 35.9 Å². The maximum Gasteiger partial charge on any atom is 0.147 e. The Morgan fingerprint density at radius 3 is 1.71 bits per heavy atom. The minimum absolute atomic E-state index is 0.350. The van der Waals surface area contributed by atoms with Crippen LogP contribution >= 0.6 is 7.26 Å². The molecular formula is C13H13N3P+. The van der Waals surface area contributed by atoms with Gasteiger partial charge in [-0.05, 0) is 5.56 Å². The van der Waals surface area contributed by atoms with E-state index in [1.165, 1.54) is 0 Å². The number of benzene rings is 1. The van der Waals surface area contributed by atoms with Crippen molar-refractivity contribution < 1.29 is 0 Å². The van der Waals surface area contributed by atoms with Crippen LogP contribution in [0.1, 0.15) is 5.56 Å². The lowest BCUT2D eigenvalue weighted by molar-refractivity contribution is 1.31. The van der Waals surface area contributed by atoms with Crippen LogP contribution in [0.3, 0.4) is 0 Å². The van der Waals surface area contributed by atoms with E-state index in [2.05, 4.69) is 18.2 Å². The second kappa shape index (κ2) is 6.65. The molecule has 0 amide bonds. The summed E-state index contributed by atoms with van der Waals surface area (Å²) in [6.07, 6.45) is 1.76. The fourth-order valence-corrected chi connectivity index (χ4v) is 4.31. The molecule has 1 aromatic carbocycles. The first-order valence-electron chi connectivity index (χ1n) is 5.26. The monoisotopic (exact) mass is 242 g/mol. The molecular weight excluding hydrogens is 229 g/mol. The summed E-state index contributed by atoms with van der Waals surface area (Å²) in [6, 6.07) is 16.2. The van der Waals surface area contributed by atoms with Gasteiger partial charge in [-0.25, -0.2) is 0 Å². The van der Waals surface area contributed by atoms with Crippen LogP contribution in [-0.4, -0.2) is 18.5 Å². The Morgan fingerprint density at radius 2 is 1.29 bits per heavy atom. The van der Waals surface area contributed by atoms with Gasteiger partial charge >= 0.3 is 0 Å². The van der Waals surface area contributed by atoms with Crippen molar-refractivity contribution in [2.24, 2.45) is 0 Å². The summed E-state index contributed by atoms with van der Waals surface area (Å²) in [5, 5.41) is 26.7. The Labute approximate surface area is 102 Å². The summed E-state index contributed by atoms with van der Waals surface area (Å²) < 4.78 is 0. The second-order valence-corrected chi connectivity index (χ2v) is 7.88. The van der Waals surface area contributed by atoms with E-state index in [-0.39, 0.29) is 0 Å². The molecule has 0 unspecified atom stereocenters. The number of nitrogens with zero attached hydrogens (tertiary/aromatic N) is 3. The minimum atomic E-state index is -1.80. The lowest BCUT2D eigenvalue weighted by Gasteiger charge is -2.19. The Bertz CT molecular complexity index is 435. The summed E-state index contributed by atoms with van der Waals surface area (Å²) in [4.78, 5) is 0. The highest BCUT2D eigenvalue weighted by Gasteiger charge is 2.37. The Hall–Kier alpha value is -1.88. The zero-order valence-electron chi connectivity index (χ0n) is 9.50. The third-order valence-electron chi connectivity index (χ3n) is 2.58. The fraction of sp³-hybridized carbons (Fsp3) is 0.308. The van der Waals surface area contributed by atoms with E-state index in [1.54, 1.807) is 0 Å². The maximum absolute atomic E-state index is 8.89. The lowest BCUT2D eigenvalue weighted by Crippen LogP contribution is -2.08. The zero-order valence-corrected chi connectivity index (χ0v) is 10.4. The Balaban J connectivity index is 2.94.